The summed E-state index contributed by atoms with van der Waals surface area (Å²) >= 11 is 13.3. The fraction of sp³-hybridized carbons (Fsp3) is 0.167. The minimum Gasteiger partial charge on any atom is -0.315 e. The number of halogens is 2. The van der Waals surface area contributed by atoms with Crippen LogP contribution in [0.1, 0.15) is 6.92 Å². The number of thioether (sulfide) groups is 1. The van der Waals surface area contributed by atoms with E-state index in [-0.39, 0.29) is 11.7 Å². The summed E-state index contributed by atoms with van der Waals surface area (Å²) in [7, 11) is 0. The largest absolute Gasteiger partial charge is 0.315 e. The quantitative estimate of drug-likeness (QED) is 0.459. The number of pyridine rings is 1. The Morgan fingerprint density at radius 2 is 2.19 bits per heavy atom. The molecule has 0 saturated carbocycles. The summed E-state index contributed by atoms with van der Waals surface area (Å²) in [6.07, 6.45) is 3.24. The Kier molecular flexibility index (Phi) is 5.86. The van der Waals surface area contributed by atoms with E-state index in [0.717, 1.165) is 16.2 Å². The summed E-state index contributed by atoms with van der Waals surface area (Å²) in [6, 6.07) is 9.38. The molecule has 0 aliphatic carbocycles. The summed E-state index contributed by atoms with van der Waals surface area (Å²) in [4.78, 5) is 21.2. The molecular formula is C18H16Cl2N4OS. The van der Waals surface area contributed by atoms with Crippen molar-refractivity contribution >= 4 is 57.7 Å². The summed E-state index contributed by atoms with van der Waals surface area (Å²) in [6.45, 7) is 6.22. The van der Waals surface area contributed by atoms with Gasteiger partial charge in [-0.3, -0.25) is 4.79 Å². The number of nitrogens with one attached hydrogen (secondary N) is 1. The molecule has 3 rings (SSSR count). The first-order valence-corrected chi connectivity index (χ1v) is 9.48. The van der Waals surface area contributed by atoms with Crippen LogP contribution < -0.4 is 5.32 Å². The molecule has 0 saturated heterocycles. The van der Waals surface area contributed by atoms with Crippen LogP contribution in [0.2, 0.25) is 10.0 Å². The molecule has 0 spiro atoms. The molecule has 0 bridgehead atoms. The molecule has 134 valence electrons. The van der Waals surface area contributed by atoms with Crippen molar-refractivity contribution in [2.45, 2.75) is 23.9 Å². The van der Waals surface area contributed by atoms with Crippen LogP contribution in [0.25, 0.3) is 11.0 Å². The molecule has 26 heavy (non-hydrogen) atoms. The van der Waals surface area contributed by atoms with Gasteiger partial charge in [-0.2, -0.15) is 0 Å². The summed E-state index contributed by atoms with van der Waals surface area (Å²) < 4.78 is 2.03. The molecule has 1 atom stereocenters. The van der Waals surface area contributed by atoms with E-state index in [2.05, 4.69) is 21.9 Å². The lowest BCUT2D eigenvalue weighted by molar-refractivity contribution is -0.115. The molecule has 0 unspecified atom stereocenters. The van der Waals surface area contributed by atoms with Crippen LogP contribution in [0.5, 0.6) is 0 Å². The Morgan fingerprint density at radius 1 is 1.42 bits per heavy atom. The minimum absolute atomic E-state index is 0.219. The van der Waals surface area contributed by atoms with E-state index in [0.29, 0.717) is 16.6 Å². The number of hydrogen-bond acceptors (Lipinski definition) is 4. The van der Waals surface area contributed by atoms with Crippen molar-refractivity contribution in [1.82, 2.24) is 14.5 Å². The van der Waals surface area contributed by atoms with E-state index in [1.807, 2.05) is 28.8 Å². The average Bonchev–Trinajstić information content (AvgIpc) is 2.95. The van der Waals surface area contributed by atoms with E-state index in [4.69, 9.17) is 23.2 Å². The third kappa shape index (κ3) is 4.03. The highest BCUT2D eigenvalue weighted by Gasteiger charge is 2.20. The first-order chi connectivity index (χ1) is 12.5. The van der Waals surface area contributed by atoms with E-state index in [1.54, 1.807) is 13.0 Å². The molecule has 1 amide bonds. The maximum absolute atomic E-state index is 12.5. The standard InChI is InChI=1S/C18H16Cl2N4OS/c1-3-8-24-15-7-5-4-6-14(15)22-18(24)26-11(2)17(25)23-16-13(20)9-12(19)10-21-16/h3-7,9-11H,1,8H2,2H3,(H,21,23,25)/t11-/m1/s1. The number of fused-ring (bicyclic) bond motifs is 1. The van der Waals surface area contributed by atoms with Gasteiger partial charge in [-0.15, -0.1) is 6.58 Å². The highest BCUT2D eigenvalue weighted by Crippen LogP contribution is 2.29. The van der Waals surface area contributed by atoms with Crippen molar-refractivity contribution in [2.24, 2.45) is 0 Å². The number of para-hydroxylation sites is 2. The molecule has 0 fully saturated rings. The fourth-order valence-electron chi connectivity index (χ4n) is 2.39. The fourth-order valence-corrected chi connectivity index (χ4v) is 3.75. The number of nitrogens with zero attached hydrogens (tertiary/aromatic N) is 3. The van der Waals surface area contributed by atoms with Gasteiger partial charge in [-0.25, -0.2) is 9.97 Å². The van der Waals surface area contributed by atoms with Crippen molar-refractivity contribution in [2.75, 3.05) is 5.32 Å². The van der Waals surface area contributed by atoms with Crippen molar-refractivity contribution in [1.29, 1.82) is 0 Å². The van der Waals surface area contributed by atoms with Crippen LogP contribution in [0, 0.1) is 0 Å². The summed E-state index contributed by atoms with van der Waals surface area (Å²) in [5, 5.41) is 3.78. The number of amides is 1. The van der Waals surface area contributed by atoms with Crippen molar-refractivity contribution in [3.05, 3.63) is 59.2 Å². The van der Waals surface area contributed by atoms with Crippen LogP contribution in [-0.4, -0.2) is 25.7 Å². The molecule has 2 aromatic heterocycles. The SMILES string of the molecule is C=CCn1c(S[C@H](C)C(=O)Nc2ncc(Cl)cc2Cl)nc2ccccc21. The molecule has 0 radical (unpaired) electrons. The molecule has 1 N–H and O–H groups in total. The lowest BCUT2D eigenvalue weighted by Gasteiger charge is -2.13. The number of allylic oxidation sites excluding steroid dienone is 1. The summed E-state index contributed by atoms with van der Waals surface area (Å²) in [5.41, 5.74) is 1.89. The Balaban J connectivity index is 1.79. The van der Waals surface area contributed by atoms with E-state index in [9.17, 15) is 4.79 Å². The second-order valence-electron chi connectivity index (χ2n) is 5.52. The van der Waals surface area contributed by atoms with Gasteiger partial charge in [0.2, 0.25) is 5.91 Å². The molecule has 1 aromatic carbocycles. The van der Waals surface area contributed by atoms with Crippen LogP contribution >= 0.6 is 35.0 Å². The first-order valence-electron chi connectivity index (χ1n) is 7.84. The van der Waals surface area contributed by atoms with Crippen LogP contribution in [0.15, 0.2) is 54.3 Å². The monoisotopic (exact) mass is 406 g/mol. The van der Waals surface area contributed by atoms with Gasteiger partial charge in [0.15, 0.2) is 11.0 Å². The van der Waals surface area contributed by atoms with Gasteiger partial charge in [-0.1, -0.05) is 53.2 Å². The normalized spacial score (nSPS) is 12.1. The predicted molar refractivity (Wildman–Crippen MR) is 108 cm³/mol. The van der Waals surface area contributed by atoms with Crippen LogP contribution in [0.4, 0.5) is 5.82 Å². The van der Waals surface area contributed by atoms with E-state index >= 15 is 0 Å². The Morgan fingerprint density at radius 3 is 2.92 bits per heavy atom. The average molecular weight is 407 g/mol. The molecule has 3 aromatic rings. The predicted octanol–water partition coefficient (Wildman–Crippen LogP) is 5.04. The van der Waals surface area contributed by atoms with Gasteiger partial charge in [0, 0.05) is 12.7 Å². The Bertz CT molecular complexity index is 973. The van der Waals surface area contributed by atoms with Gasteiger partial charge in [0.25, 0.3) is 0 Å². The number of carbonyl (C=O) groups is 1. The summed E-state index contributed by atoms with van der Waals surface area (Å²) in [5.74, 6) is 0.0667. The Hall–Kier alpha value is -2.02. The smallest absolute Gasteiger partial charge is 0.238 e. The lowest BCUT2D eigenvalue weighted by atomic mass is 10.3. The van der Waals surface area contributed by atoms with Gasteiger partial charge in [-0.05, 0) is 25.1 Å². The highest BCUT2D eigenvalue weighted by molar-refractivity contribution is 8.00. The van der Waals surface area contributed by atoms with Crippen LogP contribution in [-0.2, 0) is 11.3 Å². The molecule has 0 aliphatic rings. The van der Waals surface area contributed by atoms with Gasteiger partial charge in [0.05, 0.1) is 26.3 Å². The zero-order chi connectivity index (χ0) is 18.7. The third-order valence-electron chi connectivity index (χ3n) is 3.63. The first kappa shape index (κ1) is 18.8. The third-order valence-corrected chi connectivity index (χ3v) is 5.22. The van der Waals surface area contributed by atoms with Gasteiger partial charge < -0.3 is 9.88 Å². The number of imidazole rings is 1. The van der Waals surface area contributed by atoms with Gasteiger partial charge in [0.1, 0.15) is 0 Å². The zero-order valence-electron chi connectivity index (χ0n) is 13.9. The van der Waals surface area contributed by atoms with Crippen molar-refractivity contribution < 1.29 is 4.79 Å². The van der Waals surface area contributed by atoms with E-state index in [1.165, 1.54) is 24.0 Å². The molecule has 5 nitrogen and oxygen atoms in total. The minimum atomic E-state index is -0.399. The maximum Gasteiger partial charge on any atom is 0.238 e. The number of anilines is 1. The zero-order valence-corrected chi connectivity index (χ0v) is 16.3. The Labute approximate surface area is 165 Å². The second kappa shape index (κ2) is 8.12. The van der Waals surface area contributed by atoms with E-state index < -0.39 is 5.25 Å². The number of hydrogen-bond donors (Lipinski definition) is 1. The van der Waals surface area contributed by atoms with Crippen molar-refractivity contribution in [3.63, 3.8) is 0 Å². The number of benzene rings is 1. The second-order valence-corrected chi connectivity index (χ2v) is 7.67. The van der Waals surface area contributed by atoms with Crippen molar-refractivity contribution in [3.8, 4) is 0 Å². The molecule has 8 heteroatoms. The topological polar surface area (TPSA) is 59.8 Å². The number of carbonyl (C=O) groups excluding carboxylic acids is 1. The number of aromatic nitrogens is 3. The maximum atomic E-state index is 12.5. The lowest BCUT2D eigenvalue weighted by Crippen LogP contribution is -2.23. The molecule has 0 aliphatic heterocycles. The number of rotatable bonds is 6. The van der Waals surface area contributed by atoms with Crippen LogP contribution in [0.3, 0.4) is 0 Å². The van der Waals surface area contributed by atoms with Gasteiger partial charge >= 0.3 is 0 Å². The molecular weight excluding hydrogens is 391 g/mol. The highest BCUT2D eigenvalue weighted by atomic mass is 35.5. The molecule has 2 heterocycles.